The van der Waals surface area contributed by atoms with E-state index in [2.05, 4.69) is 4.98 Å². The molecular weight excluding hydrogens is 211 g/mol. The van der Waals surface area contributed by atoms with Crippen molar-refractivity contribution in [2.24, 2.45) is 0 Å². The number of carboxylic acid groups (broad SMARTS) is 1. The molecule has 16 heavy (non-hydrogen) atoms. The average Bonchev–Trinajstić information content (AvgIpc) is 2.62. The predicted molar refractivity (Wildman–Crippen MR) is 55.2 cm³/mol. The maximum Gasteiger partial charge on any atom is 0.356 e. The molecular formula is C11H9FN2O2. The SMILES string of the molecule is Cc1nc(C(=O)O)cn1-c1ccc(F)cc1. The molecule has 0 aliphatic heterocycles. The summed E-state index contributed by atoms with van der Waals surface area (Å²) in [7, 11) is 0. The van der Waals surface area contributed by atoms with Crippen molar-refractivity contribution in [2.45, 2.75) is 6.92 Å². The number of nitrogens with zero attached hydrogens (tertiary/aromatic N) is 2. The van der Waals surface area contributed by atoms with Crippen molar-refractivity contribution in [3.05, 3.63) is 47.8 Å². The molecule has 82 valence electrons. The fourth-order valence-electron chi connectivity index (χ4n) is 1.44. The van der Waals surface area contributed by atoms with Crippen molar-refractivity contribution in [1.82, 2.24) is 9.55 Å². The summed E-state index contributed by atoms with van der Waals surface area (Å²) in [5.41, 5.74) is 0.653. The number of aromatic nitrogens is 2. The maximum atomic E-state index is 12.7. The molecule has 2 rings (SSSR count). The lowest BCUT2D eigenvalue weighted by Crippen LogP contribution is -1.96. The van der Waals surface area contributed by atoms with E-state index in [1.807, 2.05) is 0 Å². The van der Waals surface area contributed by atoms with Gasteiger partial charge in [-0.15, -0.1) is 0 Å². The number of carbonyl (C=O) groups is 1. The second kappa shape index (κ2) is 3.77. The molecule has 0 bridgehead atoms. The molecule has 0 saturated heterocycles. The summed E-state index contributed by atoms with van der Waals surface area (Å²) >= 11 is 0. The van der Waals surface area contributed by atoms with Crippen molar-refractivity contribution in [1.29, 1.82) is 0 Å². The predicted octanol–water partition coefficient (Wildman–Crippen LogP) is 2.02. The Balaban J connectivity index is 2.47. The van der Waals surface area contributed by atoms with Crippen LogP contribution in [0.1, 0.15) is 16.3 Å². The van der Waals surface area contributed by atoms with Crippen molar-refractivity contribution in [2.75, 3.05) is 0 Å². The van der Waals surface area contributed by atoms with E-state index < -0.39 is 5.97 Å². The Labute approximate surface area is 91.0 Å². The number of imidazole rings is 1. The Morgan fingerprint density at radius 2 is 2.00 bits per heavy atom. The fraction of sp³-hybridized carbons (Fsp3) is 0.0909. The molecule has 0 unspecified atom stereocenters. The van der Waals surface area contributed by atoms with Gasteiger partial charge >= 0.3 is 5.97 Å². The van der Waals surface area contributed by atoms with Crippen LogP contribution >= 0.6 is 0 Å². The number of rotatable bonds is 2. The molecule has 0 saturated carbocycles. The highest BCUT2D eigenvalue weighted by molar-refractivity contribution is 5.85. The van der Waals surface area contributed by atoms with Crippen molar-refractivity contribution >= 4 is 5.97 Å². The van der Waals surface area contributed by atoms with Gasteiger partial charge in [0.25, 0.3) is 0 Å². The van der Waals surface area contributed by atoms with Gasteiger partial charge in [0, 0.05) is 11.9 Å². The summed E-state index contributed by atoms with van der Waals surface area (Å²) < 4.78 is 14.3. The minimum absolute atomic E-state index is 0.0261. The van der Waals surface area contributed by atoms with Crippen molar-refractivity contribution in [3.63, 3.8) is 0 Å². The van der Waals surface area contributed by atoms with E-state index in [1.165, 1.54) is 18.3 Å². The van der Waals surface area contributed by atoms with Crippen LogP contribution in [-0.2, 0) is 0 Å². The van der Waals surface area contributed by atoms with Crippen LogP contribution in [0.5, 0.6) is 0 Å². The van der Waals surface area contributed by atoms with E-state index in [4.69, 9.17) is 5.11 Å². The Kier molecular flexibility index (Phi) is 2.44. The average molecular weight is 220 g/mol. The monoisotopic (exact) mass is 220 g/mol. The molecule has 0 spiro atoms. The summed E-state index contributed by atoms with van der Waals surface area (Å²) in [6.45, 7) is 1.69. The maximum absolute atomic E-state index is 12.7. The van der Waals surface area contributed by atoms with Crippen LogP contribution in [-0.4, -0.2) is 20.6 Å². The van der Waals surface area contributed by atoms with Crippen LogP contribution in [0, 0.1) is 12.7 Å². The minimum Gasteiger partial charge on any atom is -0.476 e. The van der Waals surface area contributed by atoms with Crippen LogP contribution in [0.2, 0.25) is 0 Å². The summed E-state index contributed by atoms with van der Waals surface area (Å²) in [5, 5.41) is 8.78. The second-order valence-electron chi connectivity index (χ2n) is 3.32. The van der Waals surface area contributed by atoms with Gasteiger partial charge in [-0.3, -0.25) is 0 Å². The molecule has 1 N–H and O–H groups in total. The molecule has 1 heterocycles. The summed E-state index contributed by atoms with van der Waals surface area (Å²) in [6, 6.07) is 5.76. The lowest BCUT2D eigenvalue weighted by molar-refractivity contribution is 0.0691. The summed E-state index contributed by atoms with van der Waals surface area (Å²) in [6.07, 6.45) is 1.41. The highest BCUT2D eigenvalue weighted by Crippen LogP contribution is 2.13. The molecule has 4 nitrogen and oxygen atoms in total. The first-order valence-corrected chi connectivity index (χ1v) is 4.63. The van der Waals surface area contributed by atoms with Crippen LogP contribution in [0.25, 0.3) is 5.69 Å². The van der Waals surface area contributed by atoms with Crippen LogP contribution in [0.3, 0.4) is 0 Å². The third-order valence-corrected chi connectivity index (χ3v) is 2.21. The lowest BCUT2D eigenvalue weighted by Gasteiger charge is -2.03. The van der Waals surface area contributed by atoms with Crippen LogP contribution < -0.4 is 0 Å². The number of carboxylic acids is 1. The number of hydrogen-bond acceptors (Lipinski definition) is 2. The van der Waals surface area contributed by atoms with E-state index in [0.717, 1.165) is 0 Å². The van der Waals surface area contributed by atoms with Gasteiger partial charge in [-0.2, -0.15) is 0 Å². The zero-order valence-electron chi connectivity index (χ0n) is 8.51. The van der Waals surface area contributed by atoms with Gasteiger partial charge in [-0.1, -0.05) is 0 Å². The first-order valence-electron chi connectivity index (χ1n) is 4.63. The van der Waals surface area contributed by atoms with E-state index >= 15 is 0 Å². The largest absolute Gasteiger partial charge is 0.476 e. The van der Waals surface area contributed by atoms with E-state index in [0.29, 0.717) is 11.5 Å². The van der Waals surface area contributed by atoms with Gasteiger partial charge in [0.1, 0.15) is 11.6 Å². The smallest absolute Gasteiger partial charge is 0.356 e. The molecule has 0 fully saturated rings. The number of hydrogen-bond donors (Lipinski definition) is 1. The number of benzene rings is 1. The quantitative estimate of drug-likeness (QED) is 0.842. The third-order valence-electron chi connectivity index (χ3n) is 2.21. The van der Waals surface area contributed by atoms with Crippen molar-refractivity contribution in [3.8, 4) is 5.69 Å². The second-order valence-corrected chi connectivity index (χ2v) is 3.32. The highest BCUT2D eigenvalue weighted by Gasteiger charge is 2.11. The van der Waals surface area contributed by atoms with E-state index in [1.54, 1.807) is 23.6 Å². The van der Waals surface area contributed by atoms with Gasteiger partial charge in [-0.25, -0.2) is 14.2 Å². The van der Waals surface area contributed by atoms with E-state index in [-0.39, 0.29) is 11.5 Å². The zero-order valence-corrected chi connectivity index (χ0v) is 8.51. The number of halogens is 1. The molecule has 0 amide bonds. The molecule has 1 aromatic carbocycles. The van der Waals surface area contributed by atoms with Crippen LogP contribution in [0.4, 0.5) is 4.39 Å². The van der Waals surface area contributed by atoms with E-state index in [9.17, 15) is 9.18 Å². The Morgan fingerprint density at radius 3 is 2.50 bits per heavy atom. The van der Waals surface area contributed by atoms with Gasteiger partial charge in [0.15, 0.2) is 5.69 Å². The molecule has 0 atom stereocenters. The van der Waals surface area contributed by atoms with Gasteiger partial charge in [-0.05, 0) is 31.2 Å². The first kappa shape index (κ1) is 10.4. The first-order chi connectivity index (χ1) is 7.58. The third kappa shape index (κ3) is 1.79. The molecule has 0 radical (unpaired) electrons. The zero-order chi connectivity index (χ0) is 11.7. The Morgan fingerprint density at radius 1 is 1.38 bits per heavy atom. The summed E-state index contributed by atoms with van der Waals surface area (Å²) in [5.74, 6) is -0.868. The fourth-order valence-corrected chi connectivity index (χ4v) is 1.44. The molecule has 0 aliphatic carbocycles. The topological polar surface area (TPSA) is 55.1 Å². The highest BCUT2D eigenvalue weighted by atomic mass is 19.1. The molecule has 2 aromatic rings. The lowest BCUT2D eigenvalue weighted by atomic mass is 10.3. The van der Waals surface area contributed by atoms with Gasteiger partial charge in [0.05, 0.1) is 0 Å². The van der Waals surface area contributed by atoms with Gasteiger partial charge in [0.2, 0.25) is 0 Å². The van der Waals surface area contributed by atoms with Gasteiger partial charge < -0.3 is 9.67 Å². The Bertz CT molecular complexity index is 531. The molecule has 1 aromatic heterocycles. The van der Waals surface area contributed by atoms with Crippen molar-refractivity contribution < 1.29 is 14.3 Å². The normalized spacial score (nSPS) is 10.4. The standard InChI is InChI=1S/C11H9FN2O2/c1-7-13-10(11(15)16)6-14(7)9-4-2-8(12)3-5-9/h2-6H,1H3,(H,15,16). The number of aryl methyl sites for hydroxylation is 1. The summed E-state index contributed by atoms with van der Waals surface area (Å²) in [4.78, 5) is 14.6. The molecule has 0 aliphatic rings. The molecule has 5 heteroatoms. The Hall–Kier alpha value is -2.17. The minimum atomic E-state index is -1.08. The number of aromatic carboxylic acids is 1. The van der Waals surface area contributed by atoms with Crippen LogP contribution in [0.15, 0.2) is 30.5 Å².